The molecule has 1 aliphatic heterocycles. The monoisotopic (exact) mass is 1110 g/mol. The Bertz CT molecular complexity index is 1560. The molecular weight excluding hydrogens is 991 g/mol. The van der Waals surface area contributed by atoms with E-state index in [4.69, 9.17) is 14.2 Å². The van der Waals surface area contributed by atoms with Gasteiger partial charge in [0.05, 0.1) is 25.4 Å². The van der Waals surface area contributed by atoms with Gasteiger partial charge in [0.25, 0.3) is 0 Å². The average molecular weight is 1110 g/mol. The standard InChI is InChI=1S/C68H121NO10/c1-4-7-10-13-16-19-22-24-26-27-28-29-30-31-32-33-34-35-36-38-41-44-47-50-53-56-63(73)79-66-65(75)64(74)62(57-70)78-68(66)77-58-59(60(71)54-51-48-45-42-39-21-18-15-12-9-6-3)69-67(76)61(72)55-52-49-46-43-40-37-25-23-20-17-14-11-8-5-2/h16-17,19-20,23-26,28-29,51,54,59-62,64-66,68,70-72,74-75H,4-15,18,21-22,27,30-50,52-53,55-58H2,1-3H3,(H,69,76)/b19-16-,20-17+,25-23+,26-24-,29-28-,54-51+. The van der Waals surface area contributed by atoms with Crippen LogP contribution in [0.2, 0.25) is 0 Å². The number of carbonyl (C=O) groups is 2. The fourth-order valence-electron chi connectivity index (χ4n) is 9.88. The number of carbonyl (C=O) groups excluding carboxylic acids is 2. The number of hydrogen-bond acceptors (Lipinski definition) is 10. The Morgan fingerprint density at radius 2 is 0.911 bits per heavy atom. The minimum atomic E-state index is -1.62. The van der Waals surface area contributed by atoms with Crippen LogP contribution < -0.4 is 5.32 Å². The molecule has 1 rings (SSSR count). The molecule has 458 valence electrons. The van der Waals surface area contributed by atoms with Crippen molar-refractivity contribution in [2.75, 3.05) is 13.2 Å². The van der Waals surface area contributed by atoms with E-state index < -0.39 is 67.4 Å². The maximum atomic E-state index is 13.4. The number of aliphatic hydroxyl groups excluding tert-OH is 5. The zero-order chi connectivity index (χ0) is 57.5. The molecule has 11 nitrogen and oxygen atoms in total. The fraction of sp³-hybridized carbons (Fsp3) is 0.794. The third-order valence-corrected chi connectivity index (χ3v) is 15.1. The van der Waals surface area contributed by atoms with E-state index in [1.165, 1.54) is 148 Å². The smallest absolute Gasteiger partial charge is 0.306 e. The molecule has 0 aliphatic carbocycles. The van der Waals surface area contributed by atoms with Gasteiger partial charge in [0.2, 0.25) is 5.91 Å². The lowest BCUT2D eigenvalue weighted by Crippen LogP contribution is -2.61. The first-order chi connectivity index (χ1) is 38.7. The number of esters is 1. The Hall–Kier alpha value is -2.90. The van der Waals surface area contributed by atoms with Gasteiger partial charge < -0.3 is 45.1 Å². The summed E-state index contributed by atoms with van der Waals surface area (Å²) in [7, 11) is 0. The molecule has 11 heteroatoms. The second kappa shape index (κ2) is 55.6. The highest BCUT2D eigenvalue weighted by Gasteiger charge is 2.47. The second-order valence-corrected chi connectivity index (χ2v) is 22.5. The van der Waals surface area contributed by atoms with Gasteiger partial charge in [0.1, 0.15) is 24.4 Å². The van der Waals surface area contributed by atoms with E-state index in [0.29, 0.717) is 12.8 Å². The van der Waals surface area contributed by atoms with Crippen LogP contribution in [0.1, 0.15) is 284 Å². The summed E-state index contributed by atoms with van der Waals surface area (Å²) in [4.78, 5) is 26.6. The minimum Gasteiger partial charge on any atom is -0.454 e. The number of hydrogen-bond donors (Lipinski definition) is 6. The molecule has 0 aromatic carbocycles. The molecule has 1 saturated heterocycles. The molecule has 1 fully saturated rings. The summed E-state index contributed by atoms with van der Waals surface area (Å²) in [5.74, 6) is -1.21. The van der Waals surface area contributed by atoms with Crippen molar-refractivity contribution in [3.63, 3.8) is 0 Å². The molecule has 1 heterocycles. The van der Waals surface area contributed by atoms with E-state index >= 15 is 0 Å². The predicted octanol–water partition coefficient (Wildman–Crippen LogP) is 16.0. The van der Waals surface area contributed by atoms with Gasteiger partial charge in [0, 0.05) is 6.42 Å². The summed E-state index contributed by atoms with van der Waals surface area (Å²) < 4.78 is 17.6. The lowest BCUT2D eigenvalue weighted by Gasteiger charge is -2.41. The molecule has 0 bridgehead atoms. The van der Waals surface area contributed by atoms with Crippen molar-refractivity contribution >= 4 is 11.9 Å². The molecule has 1 aliphatic rings. The van der Waals surface area contributed by atoms with Crippen molar-refractivity contribution in [2.45, 2.75) is 333 Å². The number of aliphatic hydroxyl groups is 5. The maximum absolute atomic E-state index is 13.4. The Morgan fingerprint density at radius 3 is 1.41 bits per heavy atom. The summed E-state index contributed by atoms with van der Waals surface area (Å²) >= 11 is 0. The first kappa shape index (κ1) is 74.1. The lowest BCUT2D eigenvalue weighted by molar-refractivity contribution is -0.305. The molecule has 0 aromatic rings. The largest absolute Gasteiger partial charge is 0.454 e. The topological polar surface area (TPSA) is 175 Å². The van der Waals surface area contributed by atoms with E-state index in [-0.39, 0.29) is 19.4 Å². The number of allylic oxidation sites excluding steroid dienone is 11. The van der Waals surface area contributed by atoms with Crippen LogP contribution in [0.3, 0.4) is 0 Å². The maximum Gasteiger partial charge on any atom is 0.306 e. The first-order valence-electron chi connectivity index (χ1n) is 32.7. The third-order valence-electron chi connectivity index (χ3n) is 15.1. The number of amides is 1. The third kappa shape index (κ3) is 43.5. The van der Waals surface area contributed by atoms with Crippen LogP contribution in [0.4, 0.5) is 0 Å². The van der Waals surface area contributed by atoms with E-state index in [0.717, 1.165) is 89.9 Å². The predicted molar refractivity (Wildman–Crippen MR) is 329 cm³/mol. The number of rotatable bonds is 55. The van der Waals surface area contributed by atoms with Crippen molar-refractivity contribution in [3.8, 4) is 0 Å². The molecule has 0 saturated carbocycles. The second-order valence-electron chi connectivity index (χ2n) is 22.5. The highest BCUT2D eigenvalue weighted by atomic mass is 16.7. The van der Waals surface area contributed by atoms with Gasteiger partial charge in [-0.2, -0.15) is 0 Å². The van der Waals surface area contributed by atoms with Gasteiger partial charge >= 0.3 is 5.97 Å². The normalized spacial score (nSPS) is 19.3. The van der Waals surface area contributed by atoms with Gasteiger partial charge in [-0.05, 0) is 89.9 Å². The number of ether oxygens (including phenoxy) is 3. The molecule has 8 atom stereocenters. The number of unbranched alkanes of at least 4 members (excludes halogenated alkanes) is 32. The minimum absolute atomic E-state index is 0.118. The van der Waals surface area contributed by atoms with Gasteiger partial charge in [0.15, 0.2) is 12.4 Å². The molecular formula is C68H121NO10. The number of nitrogens with one attached hydrogen (secondary N) is 1. The lowest BCUT2D eigenvalue weighted by atomic mass is 9.99. The Labute approximate surface area is 483 Å². The van der Waals surface area contributed by atoms with Crippen molar-refractivity contribution in [3.05, 3.63) is 72.9 Å². The summed E-state index contributed by atoms with van der Waals surface area (Å²) in [6, 6.07) is -1.03. The Balaban J connectivity index is 2.58. The molecule has 0 aromatic heterocycles. The van der Waals surface area contributed by atoms with Crippen molar-refractivity contribution in [2.24, 2.45) is 0 Å². The SMILES string of the molecule is CCCCC/C=C\C/C=C\C/C=C\CCCCCCCCCCCCCCC(=O)OC1C(OCC(NC(=O)C(O)CCCCCCC/C=C/C=C/CCCCC)C(O)/C=C/CCCCCCCCCCC)OC(CO)C(O)C1O. The van der Waals surface area contributed by atoms with E-state index in [1.807, 2.05) is 6.08 Å². The van der Waals surface area contributed by atoms with Crippen LogP contribution in [-0.4, -0.2) is 99.6 Å². The summed E-state index contributed by atoms with van der Waals surface area (Å²) in [6.45, 7) is 5.72. The Morgan fingerprint density at radius 1 is 0.506 bits per heavy atom. The quantitative estimate of drug-likeness (QED) is 0.0149. The first-order valence-corrected chi connectivity index (χ1v) is 32.7. The van der Waals surface area contributed by atoms with Crippen LogP contribution in [-0.2, 0) is 23.8 Å². The molecule has 0 radical (unpaired) electrons. The molecule has 8 unspecified atom stereocenters. The zero-order valence-electron chi connectivity index (χ0n) is 50.7. The highest BCUT2D eigenvalue weighted by molar-refractivity contribution is 5.80. The van der Waals surface area contributed by atoms with Gasteiger partial charge in [-0.15, -0.1) is 0 Å². The van der Waals surface area contributed by atoms with Crippen molar-refractivity contribution < 1.29 is 49.3 Å². The van der Waals surface area contributed by atoms with Gasteiger partial charge in [-0.3, -0.25) is 9.59 Å². The van der Waals surface area contributed by atoms with Crippen molar-refractivity contribution in [1.29, 1.82) is 0 Å². The van der Waals surface area contributed by atoms with Crippen LogP contribution in [0.15, 0.2) is 72.9 Å². The van der Waals surface area contributed by atoms with Gasteiger partial charge in [-0.25, -0.2) is 0 Å². The Kier molecular flexibility index (Phi) is 52.2. The zero-order valence-corrected chi connectivity index (χ0v) is 50.7. The summed E-state index contributed by atoms with van der Waals surface area (Å²) in [5, 5.41) is 57.0. The highest BCUT2D eigenvalue weighted by Crippen LogP contribution is 2.26. The molecule has 0 spiro atoms. The van der Waals surface area contributed by atoms with E-state index in [1.54, 1.807) is 6.08 Å². The van der Waals surface area contributed by atoms with E-state index in [2.05, 4.69) is 86.8 Å². The molecule has 6 N–H and O–H groups in total. The molecule has 79 heavy (non-hydrogen) atoms. The van der Waals surface area contributed by atoms with Crippen LogP contribution in [0.5, 0.6) is 0 Å². The van der Waals surface area contributed by atoms with Crippen LogP contribution >= 0.6 is 0 Å². The molecule has 1 amide bonds. The fourth-order valence-corrected chi connectivity index (χ4v) is 9.88. The summed E-state index contributed by atoms with van der Waals surface area (Å²) in [5.41, 5.74) is 0. The average Bonchev–Trinajstić information content (AvgIpc) is 3.47. The van der Waals surface area contributed by atoms with Gasteiger partial charge in [-0.1, -0.05) is 261 Å². The van der Waals surface area contributed by atoms with E-state index in [9.17, 15) is 35.1 Å². The van der Waals surface area contributed by atoms with Crippen molar-refractivity contribution in [1.82, 2.24) is 5.32 Å². The summed E-state index contributed by atoms with van der Waals surface area (Å²) in [6.07, 6.45) is 60.8. The van der Waals surface area contributed by atoms with Crippen LogP contribution in [0.25, 0.3) is 0 Å². The van der Waals surface area contributed by atoms with Crippen LogP contribution in [0, 0.1) is 0 Å².